The van der Waals surface area contributed by atoms with Crippen molar-refractivity contribution in [2.75, 3.05) is 27.2 Å². The lowest BCUT2D eigenvalue weighted by Gasteiger charge is -2.19. The van der Waals surface area contributed by atoms with E-state index in [-0.39, 0.29) is 0 Å². The van der Waals surface area contributed by atoms with Gasteiger partial charge in [0.15, 0.2) is 0 Å². The number of hydrogen-bond acceptors (Lipinski definition) is 4. The molecule has 0 bridgehead atoms. The van der Waals surface area contributed by atoms with E-state index in [0.717, 1.165) is 37.8 Å². The molecule has 1 N–H and O–H groups in total. The number of nitrogens with zero attached hydrogens (tertiary/aromatic N) is 4. The van der Waals surface area contributed by atoms with Gasteiger partial charge in [-0.3, -0.25) is 4.68 Å². The van der Waals surface area contributed by atoms with Crippen LogP contribution in [0, 0.1) is 5.92 Å². The fraction of sp³-hybridized carbons (Fsp3) is 0.833. The zero-order chi connectivity index (χ0) is 12.7. The second-order valence-electron chi connectivity index (χ2n) is 4.78. The number of rotatable bonds is 8. The third-order valence-electron chi connectivity index (χ3n) is 2.98. The molecule has 0 saturated carbocycles. The van der Waals surface area contributed by atoms with E-state index in [1.807, 2.05) is 17.9 Å². The van der Waals surface area contributed by atoms with Crippen LogP contribution in [0.25, 0.3) is 0 Å². The van der Waals surface area contributed by atoms with E-state index >= 15 is 0 Å². The molecule has 5 nitrogen and oxygen atoms in total. The average Bonchev–Trinajstić information content (AvgIpc) is 2.74. The summed E-state index contributed by atoms with van der Waals surface area (Å²) in [5, 5.41) is 11.3. The Morgan fingerprint density at radius 2 is 2.29 bits per heavy atom. The molecule has 0 radical (unpaired) electrons. The lowest BCUT2D eigenvalue weighted by Crippen LogP contribution is -2.28. The molecular formula is C12H25N5. The summed E-state index contributed by atoms with van der Waals surface area (Å²) >= 11 is 0. The molecule has 1 atom stereocenters. The molecule has 0 aliphatic heterocycles. The second kappa shape index (κ2) is 7.40. The summed E-state index contributed by atoms with van der Waals surface area (Å²) in [7, 11) is 4.08. The summed E-state index contributed by atoms with van der Waals surface area (Å²) < 4.78 is 1.92. The fourth-order valence-corrected chi connectivity index (χ4v) is 1.74. The standard InChI is InChI=1S/C12H25N5/c1-5-11(2)9-16(4)6-7-17-10-12(8-13-3)14-15-17/h10-11,13H,5-9H2,1-4H3. The van der Waals surface area contributed by atoms with Crippen molar-refractivity contribution in [3.8, 4) is 0 Å². The van der Waals surface area contributed by atoms with Gasteiger partial charge in [-0.1, -0.05) is 25.5 Å². The van der Waals surface area contributed by atoms with Gasteiger partial charge in [-0.05, 0) is 20.0 Å². The van der Waals surface area contributed by atoms with Crippen LogP contribution >= 0.6 is 0 Å². The van der Waals surface area contributed by atoms with Crippen LogP contribution in [0.1, 0.15) is 26.0 Å². The van der Waals surface area contributed by atoms with Crippen molar-refractivity contribution >= 4 is 0 Å². The predicted molar refractivity (Wildman–Crippen MR) is 69.7 cm³/mol. The highest BCUT2D eigenvalue weighted by Crippen LogP contribution is 2.02. The fourth-order valence-electron chi connectivity index (χ4n) is 1.74. The minimum absolute atomic E-state index is 0.760. The summed E-state index contributed by atoms with van der Waals surface area (Å²) in [4.78, 5) is 2.35. The lowest BCUT2D eigenvalue weighted by atomic mass is 10.1. The van der Waals surface area contributed by atoms with Gasteiger partial charge in [0.25, 0.3) is 0 Å². The molecule has 0 aromatic carbocycles. The molecule has 0 fully saturated rings. The molecule has 98 valence electrons. The third kappa shape index (κ3) is 5.28. The molecule has 0 aliphatic rings. The van der Waals surface area contributed by atoms with Gasteiger partial charge in [-0.2, -0.15) is 0 Å². The van der Waals surface area contributed by atoms with Crippen LogP contribution in [-0.2, 0) is 13.1 Å². The normalized spacial score (nSPS) is 13.2. The molecule has 0 spiro atoms. The molecule has 1 unspecified atom stereocenters. The van der Waals surface area contributed by atoms with Crippen LogP contribution in [0.4, 0.5) is 0 Å². The highest BCUT2D eigenvalue weighted by atomic mass is 15.4. The van der Waals surface area contributed by atoms with Gasteiger partial charge in [-0.25, -0.2) is 0 Å². The average molecular weight is 239 g/mol. The van der Waals surface area contributed by atoms with E-state index in [4.69, 9.17) is 0 Å². The van der Waals surface area contributed by atoms with Crippen LogP contribution < -0.4 is 5.32 Å². The summed E-state index contributed by atoms with van der Waals surface area (Å²) in [5.74, 6) is 0.760. The maximum atomic E-state index is 4.11. The van der Waals surface area contributed by atoms with E-state index in [1.54, 1.807) is 0 Å². The monoisotopic (exact) mass is 239 g/mol. The van der Waals surface area contributed by atoms with Crippen molar-refractivity contribution in [1.29, 1.82) is 0 Å². The van der Waals surface area contributed by atoms with E-state index in [2.05, 4.69) is 41.4 Å². The maximum Gasteiger partial charge on any atom is 0.0964 e. The van der Waals surface area contributed by atoms with Crippen LogP contribution in [-0.4, -0.2) is 47.1 Å². The first kappa shape index (κ1) is 14.1. The minimum atomic E-state index is 0.760. The smallest absolute Gasteiger partial charge is 0.0964 e. The molecule has 0 aliphatic carbocycles. The van der Waals surface area contributed by atoms with Gasteiger partial charge in [0, 0.05) is 25.8 Å². The number of hydrogen-bond donors (Lipinski definition) is 1. The molecule has 1 heterocycles. The van der Waals surface area contributed by atoms with Crippen LogP contribution in [0.2, 0.25) is 0 Å². The molecule has 1 aromatic heterocycles. The number of nitrogens with one attached hydrogen (secondary N) is 1. The van der Waals surface area contributed by atoms with E-state index in [9.17, 15) is 0 Å². The SMILES string of the molecule is CCC(C)CN(C)CCn1cc(CNC)nn1. The van der Waals surface area contributed by atoms with Gasteiger partial charge < -0.3 is 10.2 Å². The second-order valence-corrected chi connectivity index (χ2v) is 4.78. The summed E-state index contributed by atoms with van der Waals surface area (Å²) in [6, 6.07) is 0. The first-order chi connectivity index (χ1) is 8.15. The first-order valence-corrected chi connectivity index (χ1v) is 6.37. The topological polar surface area (TPSA) is 46.0 Å². The maximum absolute atomic E-state index is 4.11. The quantitative estimate of drug-likeness (QED) is 0.734. The van der Waals surface area contributed by atoms with Crippen molar-refractivity contribution < 1.29 is 0 Å². The molecule has 17 heavy (non-hydrogen) atoms. The molecule has 0 amide bonds. The van der Waals surface area contributed by atoms with Gasteiger partial charge in [-0.15, -0.1) is 5.10 Å². The Kier molecular flexibility index (Phi) is 6.15. The van der Waals surface area contributed by atoms with Crippen molar-refractivity contribution in [2.24, 2.45) is 5.92 Å². The molecule has 1 rings (SSSR count). The minimum Gasteiger partial charge on any atom is -0.314 e. The van der Waals surface area contributed by atoms with E-state index in [0.29, 0.717) is 0 Å². The van der Waals surface area contributed by atoms with Crippen molar-refractivity contribution in [3.63, 3.8) is 0 Å². The number of aromatic nitrogens is 3. The summed E-state index contributed by atoms with van der Waals surface area (Å²) in [6.07, 6.45) is 3.24. The molecular weight excluding hydrogens is 214 g/mol. The Bertz CT molecular complexity index is 310. The molecule has 5 heteroatoms. The van der Waals surface area contributed by atoms with Crippen molar-refractivity contribution in [3.05, 3.63) is 11.9 Å². The zero-order valence-electron chi connectivity index (χ0n) is 11.5. The van der Waals surface area contributed by atoms with Gasteiger partial charge >= 0.3 is 0 Å². The van der Waals surface area contributed by atoms with Gasteiger partial charge in [0.1, 0.15) is 0 Å². The Hall–Kier alpha value is -0.940. The van der Waals surface area contributed by atoms with Crippen molar-refractivity contribution in [1.82, 2.24) is 25.2 Å². The molecule has 1 aromatic rings. The summed E-state index contributed by atoms with van der Waals surface area (Å²) in [6.45, 7) is 8.38. The largest absolute Gasteiger partial charge is 0.314 e. The van der Waals surface area contributed by atoms with E-state index in [1.165, 1.54) is 6.42 Å². The zero-order valence-corrected chi connectivity index (χ0v) is 11.5. The lowest BCUT2D eigenvalue weighted by molar-refractivity contribution is 0.267. The predicted octanol–water partition coefficient (Wildman–Crippen LogP) is 0.975. The summed E-state index contributed by atoms with van der Waals surface area (Å²) in [5.41, 5.74) is 0.997. The Balaban J connectivity index is 2.29. The Morgan fingerprint density at radius 1 is 1.53 bits per heavy atom. The van der Waals surface area contributed by atoms with Crippen LogP contribution in [0.5, 0.6) is 0 Å². The van der Waals surface area contributed by atoms with E-state index < -0.39 is 0 Å². The Labute approximate surface area is 104 Å². The van der Waals surface area contributed by atoms with Gasteiger partial charge in [0.2, 0.25) is 0 Å². The first-order valence-electron chi connectivity index (χ1n) is 6.37. The third-order valence-corrected chi connectivity index (χ3v) is 2.98. The Morgan fingerprint density at radius 3 is 2.94 bits per heavy atom. The molecule has 0 saturated heterocycles. The van der Waals surface area contributed by atoms with Crippen LogP contribution in [0.3, 0.4) is 0 Å². The van der Waals surface area contributed by atoms with Crippen molar-refractivity contribution in [2.45, 2.75) is 33.4 Å². The highest BCUT2D eigenvalue weighted by molar-refractivity contribution is 4.90. The highest BCUT2D eigenvalue weighted by Gasteiger charge is 2.05. The van der Waals surface area contributed by atoms with Gasteiger partial charge in [0.05, 0.1) is 12.2 Å². The van der Waals surface area contributed by atoms with Crippen LogP contribution in [0.15, 0.2) is 6.20 Å². The number of likely N-dealkylation sites (N-methyl/N-ethyl adjacent to an activating group) is 1.